The van der Waals surface area contributed by atoms with E-state index >= 15 is 0 Å². The van der Waals surface area contributed by atoms with E-state index < -0.39 is 0 Å². The van der Waals surface area contributed by atoms with Crippen LogP contribution < -0.4 is 21.1 Å². The second-order valence-electron chi connectivity index (χ2n) is 9.20. The van der Waals surface area contributed by atoms with E-state index in [4.69, 9.17) is 9.72 Å². The van der Waals surface area contributed by atoms with Crippen LogP contribution >= 0.6 is 0 Å². The van der Waals surface area contributed by atoms with E-state index in [2.05, 4.69) is 37.6 Å². The molecule has 176 valence electrons. The van der Waals surface area contributed by atoms with Crippen molar-refractivity contribution in [2.75, 3.05) is 56.2 Å². The number of aromatic amines is 2. The Labute approximate surface area is 197 Å². The summed E-state index contributed by atoms with van der Waals surface area (Å²) in [5.74, 6) is 1.12. The van der Waals surface area contributed by atoms with Crippen LogP contribution in [0, 0.1) is 5.92 Å². The van der Waals surface area contributed by atoms with Crippen molar-refractivity contribution >= 4 is 33.3 Å². The van der Waals surface area contributed by atoms with Crippen molar-refractivity contribution in [2.24, 2.45) is 5.92 Å². The number of fused-ring (bicyclic) bond motifs is 2. The Morgan fingerprint density at radius 3 is 2.76 bits per heavy atom. The highest BCUT2D eigenvalue weighted by Gasteiger charge is 2.22. The smallest absolute Gasteiger partial charge is 0.261 e. The van der Waals surface area contributed by atoms with Gasteiger partial charge < -0.3 is 30.2 Å². The molecule has 2 saturated heterocycles. The molecule has 4 N–H and O–H groups in total. The predicted molar refractivity (Wildman–Crippen MR) is 137 cm³/mol. The molecule has 1 atom stereocenters. The molecule has 0 aliphatic carbocycles. The number of piperidine rings is 1. The molecule has 0 bridgehead atoms. The first-order chi connectivity index (χ1) is 16.8. The lowest BCUT2D eigenvalue weighted by Crippen LogP contribution is -2.36. The number of H-pyrrole nitrogens is 2. The van der Waals surface area contributed by atoms with E-state index in [1.807, 2.05) is 30.3 Å². The largest absolute Gasteiger partial charge is 0.383 e. The molecule has 4 heterocycles. The maximum Gasteiger partial charge on any atom is 0.261 e. The van der Waals surface area contributed by atoms with E-state index in [0.717, 1.165) is 66.0 Å². The average Bonchev–Trinajstić information content (AvgIpc) is 3.32. The summed E-state index contributed by atoms with van der Waals surface area (Å²) in [6, 6.07) is 14.1. The Bertz CT molecular complexity index is 1360. The van der Waals surface area contributed by atoms with Crippen LogP contribution in [0.2, 0.25) is 0 Å². The fourth-order valence-electron chi connectivity index (χ4n) is 5.19. The topological polar surface area (TPSA) is 98.1 Å². The Kier molecular flexibility index (Phi) is 5.68. The fourth-order valence-corrected chi connectivity index (χ4v) is 5.19. The number of imidazole rings is 1. The molecule has 2 aliphatic rings. The molecule has 2 aromatic heterocycles. The van der Waals surface area contributed by atoms with Crippen molar-refractivity contribution in [3.05, 3.63) is 52.8 Å². The van der Waals surface area contributed by atoms with E-state index in [1.165, 1.54) is 12.8 Å². The zero-order valence-electron chi connectivity index (χ0n) is 19.2. The van der Waals surface area contributed by atoms with E-state index in [-0.39, 0.29) is 5.56 Å². The number of ether oxygens (including phenoxy) is 1. The molecule has 4 aromatic rings. The number of nitrogens with zero attached hydrogens (tertiary/aromatic N) is 2. The molecule has 0 spiro atoms. The first-order valence-electron chi connectivity index (χ1n) is 12.2. The summed E-state index contributed by atoms with van der Waals surface area (Å²) in [7, 11) is 0. The summed E-state index contributed by atoms with van der Waals surface area (Å²) in [6.07, 6.45) is 2.37. The third kappa shape index (κ3) is 3.93. The van der Waals surface area contributed by atoms with Crippen LogP contribution in [0.5, 0.6) is 0 Å². The summed E-state index contributed by atoms with van der Waals surface area (Å²) in [5, 5.41) is 8.12. The maximum atomic E-state index is 13.4. The number of hydrogen-bond acceptors (Lipinski definition) is 6. The fraction of sp³-hybridized carbons (Fsp3) is 0.385. The summed E-state index contributed by atoms with van der Waals surface area (Å²) in [6.45, 7) is 5.98. The van der Waals surface area contributed by atoms with E-state index in [9.17, 15) is 4.79 Å². The van der Waals surface area contributed by atoms with Gasteiger partial charge >= 0.3 is 0 Å². The van der Waals surface area contributed by atoms with Gasteiger partial charge in [-0.25, -0.2) is 4.98 Å². The highest BCUT2D eigenvalue weighted by atomic mass is 16.5. The number of anilines is 2. The minimum Gasteiger partial charge on any atom is -0.383 e. The number of hydrogen-bond donors (Lipinski definition) is 4. The number of rotatable bonds is 5. The van der Waals surface area contributed by atoms with Crippen LogP contribution in [-0.2, 0) is 4.74 Å². The van der Waals surface area contributed by atoms with Gasteiger partial charge in [-0.1, -0.05) is 24.3 Å². The van der Waals surface area contributed by atoms with Crippen LogP contribution in [0.25, 0.3) is 33.3 Å². The van der Waals surface area contributed by atoms with Gasteiger partial charge in [-0.15, -0.1) is 0 Å². The predicted octanol–water partition coefficient (Wildman–Crippen LogP) is 3.32. The lowest BCUT2D eigenvalue weighted by Gasteiger charge is -2.28. The molecular formula is C26H30N6O2. The van der Waals surface area contributed by atoms with Crippen molar-refractivity contribution in [1.29, 1.82) is 0 Å². The molecule has 1 unspecified atom stereocenters. The van der Waals surface area contributed by atoms with Gasteiger partial charge in [0.15, 0.2) is 0 Å². The molecule has 2 aliphatic heterocycles. The molecule has 0 amide bonds. The van der Waals surface area contributed by atoms with Crippen molar-refractivity contribution in [3.63, 3.8) is 0 Å². The second kappa shape index (κ2) is 9.12. The van der Waals surface area contributed by atoms with Crippen LogP contribution in [0.4, 0.5) is 11.4 Å². The lowest BCUT2D eigenvalue weighted by atomic mass is 9.99. The molecule has 8 heteroatoms. The first-order valence-corrected chi connectivity index (χ1v) is 12.2. The van der Waals surface area contributed by atoms with Crippen molar-refractivity contribution in [3.8, 4) is 11.4 Å². The van der Waals surface area contributed by atoms with Gasteiger partial charge in [0.05, 0.1) is 35.6 Å². The van der Waals surface area contributed by atoms with E-state index in [0.29, 0.717) is 30.5 Å². The molecule has 6 rings (SSSR count). The van der Waals surface area contributed by atoms with Crippen LogP contribution in [-0.4, -0.2) is 60.9 Å². The van der Waals surface area contributed by atoms with Crippen molar-refractivity contribution < 1.29 is 4.74 Å². The monoisotopic (exact) mass is 458 g/mol. The standard InChI is InChI=1S/C26H30N6O2/c33-26-22(25-29-20-8-3-9-21(24(20)31-25)32-11-13-34-14-12-32)23(18-6-1-2-7-19(18)30-26)28-16-17-5-4-10-27-15-17/h1-3,6-9,17,27H,4-5,10-16H2,(H,29,31)(H2,28,30,33). The third-order valence-electron chi connectivity index (χ3n) is 6.97. The summed E-state index contributed by atoms with van der Waals surface area (Å²) in [4.78, 5) is 27.1. The molecule has 2 aromatic carbocycles. The maximum absolute atomic E-state index is 13.4. The van der Waals surface area contributed by atoms with Crippen molar-refractivity contribution in [1.82, 2.24) is 20.3 Å². The molecule has 0 radical (unpaired) electrons. The lowest BCUT2D eigenvalue weighted by molar-refractivity contribution is 0.123. The van der Waals surface area contributed by atoms with Gasteiger partial charge in [-0.3, -0.25) is 4.79 Å². The molecular weight excluding hydrogens is 428 g/mol. The van der Waals surface area contributed by atoms with Gasteiger partial charge in [0.1, 0.15) is 16.9 Å². The van der Waals surface area contributed by atoms with Gasteiger partial charge in [0, 0.05) is 25.0 Å². The Hall–Kier alpha value is -3.36. The number of morpholine rings is 1. The summed E-state index contributed by atoms with van der Waals surface area (Å²) < 4.78 is 5.53. The molecule has 8 nitrogen and oxygen atoms in total. The minimum atomic E-state index is -0.144. The third-order valence-corrected chi connectivity index (χ3v) is 6.97. The van der Waals surface area contributed by atoms with Gasteiger partial charge in [0.2, 0.25) is 0 Å². The zero-order chi connectivity index (χ0) is 22.9. The number of pyridine rings is 1. The van der Waals surface area contributed by atoms with E-state index in [1.54, 1.807) is 0 Å². The highest BCUT2D eigenvalue weighted by Crippen LogP contribution is 2.33. The second-order valence-corrected chi connectivity index (χ2v) is 9.20. The van der Waals surface area contributed by atoms with Gasteiger partial charge in [0.25, 0.3) is 5.56 Å². The van der Waals surface area contributed by atoms with Crippen LogP contribution in [0.15, 0.2) is 47.3 Å². The Morgan fingerprint density at radius 1 is 1.06 bits per heavy atom. The molecule has 34 heavy (non-hydrogen) atoms. The zero-order valence-corrected chi connectivity index (χ0v) is 19.2. The SMILES string of the molecule is O=c1[nH]c2ccccc2c(NCC2CCCNC2)c1-c1nc2c(N3CCOCC3)cccc2[nH]1. The number of nitrogens with one attached hydrogen (secondary N) is 4. The van der Waals surface area contributed by atoms with Crippen molar-refractivity contribution in [2.45, 2.75) is 12.8 Å². The first kappa shape index (κ1) is 21.2. The van der Waals surface area contributed by atoms with Crippen LogP contribution in [0.3, 0.4) is 0 Å². The summed E-state index contributed by atoms with van der Waals surface area (Å²) >= 11 is 0. The Balaban J connectivity index is 1.46. The van der Waals surface area contributed by atoms with Crippen LogP contribution in [0.1, 0.15) is 12.8 Å². The highest BCUT2D eigenvalue weighted by molar-refractivity contribution is 6.00. The normalized spacial score (nSPS) is 19.1. The van der Waals surface area contributed by atoms with Gasteiger partial charge in [-0.2, -0.15) is 0 Å². The molecule has 2 fully saturated rings. The molecule has 0 saturated carbocycles. The Morgan fingerprint density at radius 2 is 1.91 bits per heavy atom. The number of benzene rings is 2. The van der Waals surface area contributed by atoms with Gasteiger partial charge in [-0.05, 0) is 50.0 Å². The average molecular weight is 459 g/mol. The number of para-hydroxylation sites is 2. The number of aromatic nitrogens is 3. The minimum absolute atomic E-state index is 0.144. The quantitative estimate of drug-likeness (QED) is 0.366. The summed E-state index contributed by atoms with van der Waals surface area (Å²) in [5.41, 5.74) is 4.97.